The zero-order chi connectivity index (χ0) is 99.6. The average molecular weight is 1940 g/mol. The highest BCUT2D eigenvalue weighted by molar-refractivity contribution is 5.04. The summed E-state index contributed by atoms with van der Waals surface area (Å²) in [6, 6.07) is 2.46. The van der Waals surface area contributed by atoms with Crippen molar-refractivity contribution in [1.29, 1.82) is 0 Å². The van der Waals surface area contributed by atoms with Crippen LogP contribution in [-0.4, -0.2) is 611 Å². The van der Waals surface area contributed by atoms with Crippen molar-refractivity contribution in [3.8, 4) is 0 Å². The molecule has 3 N–H and O–H groups in total. The van der Waals surface area contributed by atoms with E-state index in [1.165, 1.54) is 494 Å². The van der Waals surface area contributed by atoms with Gasteiger partial charge in [0.15, 0.2) is 0 Å². The van der Waals surface area contributed by atoms with Gasteiger partial charge in [0.2, 0.25) is 0 Å². The van der Waals surface area contributed by atoms with Gasteiger partial charge in [-0.05, 0) is 542 Å². The number of rotatable bonds is 9. The lowest BCUT2D eigenvalue weighted by Crippen LogP contribution is -2.61. The highest BCUT2D eigenvalue weighted by atomic mass is 16.3. The topological polar surface area (TPSA) is 119 Å². The van der Waals surface area contributed by atoms with Gasteiger partial charge in [-0.3, -0.25) is 14.7 Å². The van der Waals surface area contributed by atoms with Gasteiger partial charge >= 0.3 is 0 Å². The van der Waals surface area contributed by atoms with Crippen molar-refractivity contribution in [1.82, 2.24) is 123 Å². The molecule has 0 aromatic carbocycles. The highest BCUT2D eigenvalue weighted by Crippen LogP contribution is 2.46. The molecule has 26 heteroatoms. The van der Waals surface area contributed by atoms with Crippen molar-refractivity contribution in [3.05, 3.63) is 0 Å². The number of nitrogens with one attached hydrogen (secondary N) is 2. The van der Waals surface area contributed by atoms with Crippen molar-refractivity contribution >= 4 is 0 Å². The third-order valence-corrected chi connectivity index (χ3v) is 38.7. The molecule has 0 radical (unpaired) electrons. The van der Waals surface area contributed by atoms with Gasteiger partial charge in [-0.2, -0.15) is 0 Å². The standard InChI is InChI=1S/C12H25N3.C11H23N3.2C11H22N2.C10H20N2O.2C10H20N2.C9H18N2.C8H16N2.C8H18N2.C6H14N2.C6H13N/c1-13(2)8-9-15-10-12(11-15)4-6-14(3)7-5-12;1-12-5-3-11(4-6-12)14-9-7-13(2)8-10-14;1-12-7-3-11(4-8-12)5-9-13(2)10-6-11;1-10(2)13-8-11(9-13)4-6-12(3)7-5-11;1-11-4-2-10(3-5-11)8-12(9-10)6-7-13;1-12-8-4-10(5-9-12)2-6-11-7-3-10;1-3-12-8-10(9-12)4-6-11(2)7-5-10;1-10-5-3-9(4-6-10)7-11(2)8-9;1-10-4-2-8(3-5-10)6-9-7-8;1-9(2)8-4-6-10(3)7-5-8;1-7-3-5-8(2)6-4-7;1-7-5-3-2-4-6-7/h4-11H2,1-3H3;11H,3-10H2,1-2H3;3-10H2,1-2H3;10H,4-9H2,1-3H3;13H,2-9H2,1H3;11H,2-9H2,1H3;3-9H2,1-2H3;3-8H2,1-2H3;9H,2-7H2,1H3;8H,4-7H2,1-3H3;3-6H2,1-2H3;2-6H2,1H3. The molecular formula is C112H231N25O. The summed E-state index contributed by atoms with van der Waals surface area (Å²) < 4.78 is 0. The van der Waals surface area contributed by atoms with Crippen LogP contribution >= 0.6 is 0 Å². The van der Waals surface area contributed by atoms with E-state index in [1.54, 1.807) is 0 Å². The molecule has 0 aromatic heterocycles. The maximum atomic E-state index is 8.78. The van der Waals surface area contributed by atoms with E-state index in [-0.39, 0.29) is 0 Å². The van der Waals surface area contributed by atoms with Crippen LogP contribution in [0.15, 0.2) is 0 Å². The molecule has 21 aliphatic rings. The third-order valence-electron chi connectivity index (χ3n) is 38.7. The van der Waals surface area contributed by atoms with Gasteiger partial charge in [-0.1, -0.05) is 13.3 Å². The number of likely N-dealkylation sites (tertiary alicyclic amines) is 17. The fourth-order valence-corrected chi connectivity index (χ4v) is 26.2. The normalized spacial score (nSPS) is 29.2. The Bertz CT molecular complexity index is 3020. The van der Waals surface area contributed by atoms with E-state index in [4.69, 9.17) is 5.11 Å². The third kappa shape index (κ3) is 40.4. The number of aliphatic hydroxyl groups is 1. The number of hydrogen-bond donors (Lipinski definition) is 3. The SMILES string of the molecule is CC(C)N1CC2(CCN(C)CC2)C1.CCN1CC2(CCN(C)CC2)C1.CN(C)CCN1CC2(CCN(C)CC2)C1.CN1CCC(N(C)C)CC1.CN1CCC(N2CCN(C)CC2)CC1.CN1CCC2(CC1)CCN(C)CC2.CN1CCC2(CC1)CN(C)C2.CN1CCC2(CC1)CN(CCO)C2.CN1CCC2(CC1)CNC2.CN1CCC2(CCNCC2)CC1.CN1CCCCC1.CN1CCN(C)CC1. The molecule has 0 bridgehead atoms. The zero-order valence-corrected chi connectivity index (χ0v) is 95.6. The second-order valence-electron chi connectivity index (χ2n) is 51.8. The molecule has 0 unspecified atom stereocenters. The monoisotopic (exact) mass is 1940 g/mol. The fourth-order valence-electron chi connectivity index (χ4n) is 26.2. The maximum absolute atomic E-state index is 8.78. The number of β-amino-alcohol motifs (C(OH)–C–C–N with tert-alkyl or cyclic N) is 1. The van der Waals surface area contributed by atoms with Crippen LogP contribution in [-0.2, 0) is 0 Å². The number of piperazine rings is 2. The number of likely N-dealkylation sites (N-methyl/N-ethyl adjacent to an activating group) is 4. The molecule has 138 heavy (non-hydrogen) atoms. The summed E-state index contributed by atoms with van der Waals surface area (Å²) >= 11 is 0. The first-order valence-corrected chi connectivity index (χ1v) is 57.8. The summed E-state index contributed by atoms with van der Waals surface area (Å²) in [5.74, 6) is 0. The summed E-state index contributed by atoms with van der Waals surface area (Å²) in [5.41, 5.74) is 5.73. The fraction of sp³-hybridized carbons (Fsp3) is 1.00. The van der Waals surface area contributed by atoms with Crippen molar-refractivity contribution in [2.45, 2.75) is 212 Å². The van der Waals surface area contributed by atoms with Crippen LogP contribution in [0, 0.1) is 43.3 Å². The Labute approximate surface area is 854 Å². The second kappa shape index (κ2) is 58.9. The smallest absolute Gasteiger partial charge is 0.0558 e. The van der Waals surface area contributed by atoms with Gasteiger partial charge in [-0.25, -0.2) is 0 Å². The van der Waals surface area contributed by atoms with Crippen molar-refractivity contribution in [2.75, 3.05) is 475 Å². The van der Waals surface area contributed by atoms with Crippen LogP contribution in [0.3, 0.4) is 0 Å². The van der Waals surface area contributed by atoms with Gasteiger partial charge in [0.05, 0.1) is 6.61 Å². The van der Waals surface area contributed by atoms with Crippen LogP contribution in [0.2, 0.25) is 0 Å². The van der Waals surface area contributed by atoms with E-state index >= 15 is 0 Å². The molecule has 0 amide bonds. The number of piperidine rings is 13. The van der Waals surface area contributed by atoms with E-state index in [0.717, 1.165) is 57.2 Å². The summed E-state index contributed by atoms with van der Waals surface area (Å²) in [7, 11) is 44.2. The predicted molar refractivity (Wildman–Crippen MR) is 590 cm³/mol. The molecule has 21 fully saturated rings. The first-order chi connectivity index (χ1) is 65.8. The van der Waals surface area contributed by atoms with Crippen molar-refractivity contribution in [2.24, 2.45) is 43.3 Å². The molecule has 21 saturated heterocycles. The van der Waals surface area contributed by atoms with E-state index in [2.05, 4.69) is 285 Å². The Morgan fingerprint density at radius 3 is 0.819 bits per heavy atom. The number of hydrogen-bond acceptors (Lipinski definition) is 26. The van der Waals surface area contributed by atoms with E-state index < -0.39 is 0 Å². The molecule has 21 aliphatic heterocycles. The Balaban J connectivity index is 0.000000156. The zero-order valence-electron chi connectivity index (χ0n) is 95.6. The molecule has 21 heterocycles. The van der Waals surface area contributed by atoms with Crippen LogP contribution < -0.4 is 10.6 Å². The summed E-state index contributed by atoms with van der Waals surface area (Å²) in [5, 5.41) is 15.6. The molecule has 21 rings (SSSR count). The Kier molecular flexibility index (Phi) is 50.8. The van der Waals surface area contributed by atoms with Crippen LogP contribution in [0.5, 0.6) is 0 Å². The summed E-state index contributed by atoms with van der Waals surface area (Å²) in [6.07, 6.45) is 38.1. The summed E-state index contributed by atoms with van der Waals surface area (Å²) in [6.45, 7) is 71.5. The number of aliphatic hydroxyl groups excluding tert-OH is 1. The molecule has 0 aromatic rings. The Hall–Kier alpha value is -1.04. The van der Waals surface area contributed by atoms with Gasteiger partial charge in [0.1, 0.15) is 0 Å². The van der Waals surface area contributed by atoms with Crippen LogP contribution in [0.4, 0.5) is 0 Å². The lowest BCUT2D eigenvalue weighted by atomic mass is 9.71. The van der Waals surface area contributed by atoms with Gasteiger partial charge in [0.25, 0.3) is 0 Å². The van der Waals surface area contributed by atoms with Crippen LogP contribution in [0.1, 0.15) is 194 Å². The van der Waals surface area contributed by atoms with E-state index in [0.29, 0.717) is 17.4 Å². The minimum absolute atomic E-state index is 0.315. The molecule has 0 saturated carbocycles. The molecular weight excluding hydrogens is 1710 g/mol. The second-order valence-corrected chi connectivity index (χ2v) is 51.8. The van der Waals surface area contributed by atoms with Gasteiger partial charge in [-0.15, -0.1) is 0 Å². The molecule has 26 nitrogen and oxygen atoms in total. The first kappa shape index (κ1) is 119. The van der Waals surface area contributed by atoms with Gasteiger partial charge < -0.3 is 114 Å². The molecule has 8 spiro atoms. The highest BCUT2D eigenvalue weighted by Gasteiger charge is 2.49. The van der Waals surface area contributed by atoms with E-state index in [9.17, 15) is 0 Å². The molecule has 0 atom stereocenters. The minimum atomic E-state index is 0.315. The molecule has 810 valence electrons. The quantitative estimate of drug-likeness (QED) is 0.205. The lowest BCUT2D eigenvalue weighted by molar-refractivity contribution is -0.0586. The average Bonchev–Trinajstić information content (AvgIpc) is 0.830. The van der Waals surface area contributed by atoms with Crippen LogP contribution in [0.25, 0.3) is 0 Å². The maximum Gasteiger partial charge on any atom is 0.0558 e. The predicted octanol–water partition coefficient (Wildman–Crippen LogP) is 8.43. The summed E-state index contributed by atoms with van der Waals surface area (Å²) in [4.78, 5) is 56.4. The Morgan fingerprint density at radius 2 is 0.536 bits per heavy atom. The van der Waals surface area contributed by atoms with E-state index in [1.807, 2.05) is 0 Å². The first-order valence-electron chi connectivity index (χ1n) is 57.8. The lowest BCUT2D eigenvalue weighted by Gasteiger charge is -2.55. The minimum Gasteiger partial charge on any atom is -0.395 e. The Morgan fingerprint density at radius 1 is 0.268 bits per heavy atom. The van der Waals surface area contributed by atoms with Crippen molar-refractivity contribution in [3.63, 3.8) is 0 Å². The molecule has 0 aliphatic carbocycles. The number of nitrogens with zero attached hydrogens (tertiary/aromatic N) is 23. The van der Waals surface area contributed by atoms with Crippen molar-refractivity contribution < 1.29 is 5.11 Å². The largest absolute Gasteiger partial charge is 0.395 e. The van der Waals surface area contributed by atoms with Gasteiger partial charge in [0, 0.05) is 169 Å².